The van der Waals surface area contributed by atoms with E-state index in [0.29, 0.717) is 11.1 Å². The Balaban J connectivity index is 1.25. The number of benzene rings is 2. The largest absolute Gasteiger partial charge is 0.493 e. The van der Waals surface area contributed by atoms with Gasteiger partial charge in [-0.3, -0.25) is 0 Å². The molecule has 0 amide bonds. The average Bonchev–Trinajstić information content (AvgIpc) is 3.77. The summed E-state index contributed by atoms with van der Waals surface area (Å²) in [5.74, 6) is 0.553. The number of rotatable bonds is 12. The molecule has 0 bridgehead atoms. The number of methoxy groups -OCH3 is 4. The molecule has 52 heavy (non-hydrogen) atoms. The molecular formula is C34H46O18. The molecule has 18 heteroatoms. The zero-order chi connectivity index (χ0) is 37.4. The molecule has 4 fully saturated rings. The van der Waals surface area contributed by atoms with Gasteiger partial charge in [0.25, 0.3) is 0 Å². The Kier molecular flexibility index (Phi) is 11.8. The van der Waals surface area contributed by atoms with Gasteiger partial charge in [0, 0.05) is 17.4 Å². The normalized spacial score (nSPS) is 37.3. The van der Waals surface area contributed by atoms with Gasteiger partial charge in [-0.25, -0.2) is 0 Å². The summed E-state index contributed by atoms with van der Waals surface area (Å²) in [6.45, 7) is -0.694. The summed E-state index contributed by atoms with van der Waals surface area (Å²) in [6, 6.07) is 6.76. The molecular weight excluding hydrogens is 696 g/mol. The third-order valence-corrected chi connectivity index (χ3v) is 10.1. The monoisotopic (exact) mass is 742 g/mol. The minimum Gasteiger partial charge on any atom is -0.493 e. The first kappa shape index (κ1) is 38.5. The number of ether oxygens (including phenoxy) is 10. The number of hydrogen-bond donors (Lipinski definition) is 8. The van der Waals surface area contributed by atoms with E-state index in [1.165, 1.54) is 28.4 Å². The second kappa shape index (κ2) is 16.0. The van der Waals surface area contributed by atoms with Gasteiger partial charge in [0.15, 0.2) is 23.0 Å². The molecule has 2 aromatic rings. The standard InChI is InChI=1S/C34H46O18/c1-43-17-6-5-14(30(46-4)32(17)52-34-27(42)25(40)23(38)21(10-36)50-34)29-16-12-47-28(15(16)11-48-29)13-7-18(44-2)31(19(8-13)45-3)51-33-26(41)24(39)22(37)20(9-35)49-33/h5-8,15-16,20-29,33-42H,9-12H2,1-4H3. The summed E-state index contributed by atoms with van der Waals surface area (Å²) >= 11 is 0. The lowest BCUT2D eigenvalue weighted by Crippen LogP contribution is -2.60. The van der Waals surface area contributed by atoms with Gasteiger partial charge in [0.1, 0.15) is 48.8 Å². The third-order valence-electron chi connectivity index (χ3n) is 10.1. The van der Waals surface area contributed by atoms with Crippen molar-refractivity contribution in [1.82, 2.24) is 0 Å². The van der Waals surface area contributed by atoms with Crippen LogP contribution in [0.4, 0.5) is 0 Å². The van der Waals surface area contributed by atoms with Crippen molar-refractivity contribution in [3.8, 4) is 34.5 Å². The van der Waals surface area contributed by atoms with E-state index in [1.54, 1.807) is 24.3 Å². The fourth-order valence-electron chi connectivity index (χ4n) is 7.22. The SMILES string of the molecule is COc1cc(C2OCC3C(c4ccc(OC)c(OC5OC(CO)C(O)C(O)C5O)c4OC)OCC23)cc(OC)c1OC1OC(CO)C(O)C(O)C1O. The highest BCUT2D eigenvalue weighted by Crippen LogP contribution is 2.55. The van der Waals surface area contributed by atoms with Gasteiger partial charge in [-0.2, -0.15) is 0 Å². The molecule has 0 aliphatic carbocycles. The second-order valence-corrected chi connectivity index (χ2v) is 12.9. The summed E-state index contributed by atoms with van der Waals surface area (Å²) in [4.78, 5) is 0. The number of hydrogen-bond acceptors (Lipinski definition) is 18. The van der Waals surface area contributed by atoms with Crippen LogP contribution in [-0.4, -0.2) is 157 Å². The zero-order valence-electron chi connectivity index (χ0n) is 28.9. The predicted molar refractivity (Wildman–Crippen MR) is 172 cm³/mol. The Labute approximate surface area is 298 Å². The van der Waals surface area contributed by atoms with Crippen LogP contribution in [0.15, 0.2) is 24.3 Å². The van der Waals surface area contributed by atoms with Crippen LogP contribution in [0.2, 0.25) is 0 Å². The second-order valence-electron chi connectivity index (χ2n) is 12.9. The van der Waals surface area contributed by atoms with Crippen molar-refractivity contribution in [3.05, 3.63) is 35.4 Å². The summed E-state index contributed by atoms with van der Waals surface area (Å²) in [7, 11) is 5.65. The van der Waals surface area contributed by atoms with Gasteiger partial charge in [0.2, 0.25) is 24.1 Å². The van der Waals surface area contributed by atoms with Crippen molar-refractivity contribution in [1.29, 1.82) is 0 Å². The van der Waals surface area contributed by atoms with E-state index >= 15 is 0 Å². The number of aliphatic hydroxyl groups excluding tert-OH is 8. The van der Waals surface area contributed by atoms with Gasteiger partial charge in [-0.05, 0) is 29.8 Å². The van der Waals surface area contributed by atoms with Gasteiger partial charge < -0.3 is 88.2 Å². The summed E-state index contributed by atoms with van der Waals surface area (Å²) < 4.78 is 58.3. The molecule has 4 saturated heterocycles. The Bertz CT molecular complexity index is 1500. The van der Waals surface area contributed by atoms with Crippen molar-refractivity contribution >= 4 is 0 Å². The summed E-state index contributed by atoms with van der Waals surface area (Å²) in [5, 5.41) is 81.4. The molecule has 8 N–H and O–H groups in total. The van der Waals surface area contributed by atoms with Crippen molar-refractivity contribution in [2.45, 2.75) is 73.6 Å². The first-order valence-electron chi connectivity index (χ1n) is 16.7. The van der Waals surface area contributed by atoms with E-state index in [2.05, 4.69) is 0 Å². The highest BCUT2D eigenvalue weighted by Gasteiger charge is 2.51. The molecule has 4 aliphatic heterocycles. The average molecular weight is 743 g/mol. The first-order valence-corrected chi connectivity index (χ1v) is 16.7. The van der Waals surface area contributed by atoms with Crippen LogP contribution in [-0.2, 0) is 18.9 Å². The van der Waals surface area contributed by atoms with E-state index in [-0.39, 0.29) is 59.5 Å². The predicted octanol–water partition coefficient (Wildman–Crippen LogP) is -1.85. The highest BCUT2D eigenvalue weighted by molar-refractivity contribution is 5.57. The molecule has 290 valence electrons. The van der Waals surface area contributed by atoms with Crippen molar-refractivity contribution < 1.29 is 88.2 Å². The van der Waals surface area contributed by atoms with Crippen molar-refractivity contribution in [2.24, 2.45) is 11.8 Å². The molecule has 6 rings (SSSR count). The maximum Gasteiger partial charge on any atom is 0.229 e. The van der Waals surface area contributed by atoms with E-state index in [4.69, 9.17) is 47.4 Å². The van der Waals surface area contributed by atoms with Gasteiger partial charge in [0.05, 0.1) is 67.1 Å². The minimum atomic E-state index is -1.67. The number of fused-ring (bicyclic) bond motifs is 1. The molecule has 0 saturated carbocycles. The molecule has 4 aliphatic rings. The van der Waals surface area contributed by atoms with Gasteiger partial charge in [-0.1, -0.05) is 0 Å². The summed E-state index contributed by atoms with van der Waals surface area (Å²) in [5.41, 5.74) is 1.25. The van der Waals surface area contributed by atoms with Gasteiger partial charge >= 0.3 is 0 Å². The Hall–Kier alpha value is -3.24. The van der Waals surface area contributed by atoms with Crippen molar-refractivity contribution in [2.75, 3.05) is 54.9 Å². The smallest absolute Gasteiger partial charge is 0.229 e. The molecule has 4 heterocycles. The quantitative estimate of drug-likeness (QED) is 0.119. The Morgan fingerprint density at radius 3 is 1.52 bits per heavy atom. The molecule has 14 atom stereocenters. The molecule has 2 aromatic carbocycles. The topological polar surface area (TPSA) is 254 Å². The lowest BCUT2D eigenvalue weighted by molar-refractivity contribution is -0.277. The maximum atomic E-state index is 10.6. The van der Waals surface area contributed by atoms with Crippen LogP contribution in [0, 0.1) is 11.8 Å². The third kappa shape index (κ3) is 6.83. The maximum absolute atomic E-state index is 10.6. The van der Waals surface area contributed by atoms with Gasteiger partial charge in [-0.15, -0.1) is 0 Å². The lowest BCUT2D eigenvalue weighted by Gasteiger charge is -2.39. The minimum absolute atomic E-state index is 0.0406. The molecule has 0 spiro atoms. The van der Waals surface area contributed by atoms with E-state index in [9.17, 15) is 40.9 Å². The van der Waals surface area contributed by atoms with E-state index in [0.717, 1.165) is 0 Å². The van der Waals surface area contributed by atoms with Crippen LogP contribution in [0.1, 0.15) is 23.3 Å². The molecule has 18 nitrogen and oxygen atoms in total. The zero-order valence-corrected chi connectivity index (χ0v) is 28.9. The lowest BCUT2D eigenvalue weighted by atomic mass is 9.84. The van der Waals surface area contributed by atoms with Crippen LogP contribution >= 0.6 is 0 Å². The molecule has 14 unspecified atom stereocenters. The molecule has 0 radical (unpaired) electrons. The van der Waals surface area contributed by atoms with E-state index in [1.807, 2.05) is 0 Å². The van der Waals surface area contributed by atoms with Crippen molar-refractivity contribution in [3.63, 3.8) is 0 Å². The Morgan fingerprint density at radius 1 is 0.558 bits per heavy atom. The fraction of sp³-hybridized carbons (Fsp3) is 0.647. The Morgan fingerprint density at radius 2 is 1.04 bits per heavy atom. The van der Waals surface area contributed by atoms with E-state index < -0.39 is 86.8 Å². The fourth-order valence-corrected chi connectivity index (χ4v) is 7.22. The van der Waals surface area contributed by atoms with Crippen LogP contribution < -0.4 is 28.4 Å². The summed E-state index contributed by atoms with van der Waals surface area (Å²) in [6.07, 6.45) is -16.2. The number of aliphatic hydroxyl groups is 8. The molecule has 0 aromatic heterocycles. The van der Waals surface area contributed by atoms with Crippen LogP contribution in [0.3, 0.4) is 0 Å². The van der Waals surface area contributed by atoms with Crippen LogP contribution in [0.25, 0.3) is 0 Å². The van der Waals surface area contributed by atoms with Crippen LogP contribution in [0.5, 0.6) is 34.5 Å². The first-order chi connectivity index (χ1) is 25.0. The highest BCUT2D eigenvalue weighted by atomic mass is 16.7.